The minimum Gasteiger partial charge on any atom is -0.457 e. The van der Waals surface area contributed by atoms with Crippen molar-refractivity contribution in [1.29, 1.82) is 0 Å². The van der Waals surface area contributed by atoms with E-state index in [1.165, 1.54) is 17.3 Å². The number of hydrogen-bond donors (Lipinski definition) is 2. The molecule has 1 unspecified atom stereocenters. The number of carbonyl (C=O) groups excluding carboxylic acids is 3. The molecule has 3 amide bonds. The molecule has 0 bridgehead atoms. The number of ether oxygens (including phenoxy) is 1. The van der Waals surface area contributed by atoms with Crippen LogP contribution in [0.2, 0.25) is 0 Å². The summed E-state index contributed by atoms with van der Waals surface area (Å²) in [5.74, 6) is 0.322. The van der Waals surface area contributed by atoms with Crippen LogP contribution in [-0.2, 0) is 16.1 Å². The van der Waals surface area contributed by atoms with Crippen LogP contribution in [-0.4, -0.2) is 85.5 Å². The normalized spacial score (nSPS) is 21.5. The van der Waals surface area contributed by atoms with Gasteiger partial charge in [0.15, 0.2) is 5.65 Å². The van der Waals surface area contributed by atoms with Crippen LogP contribution in [0.3, 0.4) is 0 Å². The summed E-state index contributed by atoms with van der Waals surface area (Å²) >= 11 is 0. The Morgan fingerprint density at radius 3 is 2.38 bits per heavy atom. The number of halogens is 1. The van der Waals surface area contributed by atoms with Crippen molar-refractivity contribution in [2.45, 2.75) is 63.2 Å². The van der Waals surface area contributed by atoms with Gasteiger partial charge in [0.2, 0.25) is 11.8 Å². The fourth-order valence-corrected chi connectivity index (χ4v) is 9.31. The Labute approximate surface area is 316 Å². The van der Waals surface area contributed by atoms with Crippen molar-refractivity contribution in [2.24, 2.45) is 5.41 Å². The zero-order valence-corrected chi connectivity index (χ0v) is 30.2. The maximum absolute atomic E-state index is 15.4. The van der Waals surface area contributed by atoms with Gasteiger partial charge in [-0.25, -0.2) is 19.0 Å². The summed E-state index contributed by atoms with van der Waals surface area (Å²) in [4.78, 5) is 52.2. The van der Waals surface area contributed by atoms with E-state index in [4.69, 9.17) is 15.6 Å². The Morgan fingerprint density at radius 2 is 1.64 bits per heavy atom. The Hall–Kier alpha value is -5.89. The summed E-state index contributed by atoms with van der Waals surface area (Å²) in [5.41, 5.74) is 10.6. The van der Waals surface area contributed by atoms with E-state index in [-0.39, 0.29) is 42.7 Å². The Bertz CT molecular complexity index is 2350. The summed E-state index contributed by atoms with van der Waals surface area (Å²) in [7, 11) is 0. The van der Waals surface area contributed by atoms with E-state index >= 15 is 4.39 Å². The van der Waals surface area contributed by atoms with Crippen LogP contribution >= 0.6 is 0 Å². The molecular weight excluding hydrogens is 702 g/mol. The monoisotopic (exact) mass is 741 g/mol. The molecule has 1 aliphatic carbocycles. The fourth-order valence-electron chi connectivity index (χ4n) is 9.31. The van der Waals surface area contributed by atoms with E-state index in [1.807, 2.05) is 59.5 Å². The van der Waals surface area contributed by atoms with Gasteiger partial charge in [-0.3, -0.25) is 24.6 Å². The number of nitrogens with two attached hydrogens (primary N) is 1. The minimum atomic E-state index is -0.722. The summed E-state index contributed by atoms with van der Waals surface area (Å²) in [6.45, 7) is 3.73. The number of anilines is 2. The number of fused-ring (bicyclic) bond motifs is 2. The number of hydrogen-bond acceptors (Lipinski definition) is 10. The molecule has 5 aromatic rings. The van der Waals surface area contributed by atoms with Crippen molar-refractivity contribution in [1.82, 2.24) is 34.9 Å². The Morgan fingerprint density at radius 1 is 0.891 bits per heavy atom. The van der Waals surface area contributed by atoms with Gasteiger partial charge in [0.1, 0.15) is 41.2 Å². The first kappa shape index (κ1) is 33.7. The molecule has 1 spiro atoms. The number of likely N-dealkylation sites (tertiary alicyclic amines) is 1. The molecule has 13 nitrogen and oxygen atoms in total. The van der Waals surface area contributed by atoms with Gasteiger partial charge in [-0.15, -0.1) is 0 Å². The van der Waals surface area contributed by atoms with Crippen LogP contribution in [0.5, 0.6) is 11.5 Å². The average Bonchev–Trinajstić information content (AvgIpc) is 3.70. The molecule has 10 rings (SSSR count). The molecular formula is C41H40FN9O4. The lowest BCUT2D eigenvalue weighted by atomic mass is 9.66. The highest BCUT2D eigenvalue weighted by atomic mass is 19.1. The summed E-state index contributed by atoms with van der Waals surface area (Å²) in [6, 6.07) is 20.4. The number of piperidine rings is 1. The molecule has 55 heavy (non-hydrogen) atoms. The molecule has 0 radical (unpaired) electrons. The van der Waals surface area contributed by atoms with Crippen molar-refractivity contribution >= 4 is 40.3 Å². The molecule has 3 saturated heterocycles. The molecule has 1 saturated carbocycles. The molecule has 6 heterocycles. The van der Waals surface area contributed by atoms with Crippen LogP contribution in [0.25, 0.3) is 22.3 Å². The zero-order valence-electron chi connectivity index (χ0n) is 30.2. The molecule has 2 aromatic heterocycles. The van der Waals surface area contributed by atoms with Crippen molar-refractivity contribution in [3.05, 3.63) is 90.0 Å². The maximum atomic E-state index is 15.4. The molecule has 3 N–H and O–H groups in total. The summed E-state index contributed by atoms with van der Waals surface area (Å²) < 4.78 is 23.5. The maximum Gasteiger partial charge on any atom is 0.255 e. The topological polar surface area (TPSA) is 152 Å². The highest BCUT2D eigenvalue weighted by Gasteiger charge is 2.50. The van der Waals surface area contributed by atoms with Gasteiger partial charge >= 0.3 is 0 Å². The quantitative estimate of drug-likeness (QED) is 0.216. The first-order chi connectivity index (χ1) is 26.7. The van der Waals surface area contributed by atoms with E-state index < -0.39 is 17.8 Å². The van der Waals surface area contributed by atoms with E-state index in [1.54, 1.807) is 6.07 Å². The second-order valence-electron chi connectivity index (χ2n) is 15.7. The predicted molar refractivity (Wildman–Crippen MR) is 202 cm³/mol. The number of nitrogens with one attached hydrogen (secondary N) is 1. The molecule has 1 atom stereocenters. The molecule has 4 fully saturated rings. The SMILES string of the molecule is Nc1ncnc2c1c(-c1ccc(Oc3ccccc3)cc1)nn2C1CCC2(CC1)CN(C1CN(c3cc4c(cc3F)C(=O)N(C3CCC(=O)NC3=O)C4)C1)C2. The molecule has 4 aliphatic heterocycles. The summed E-state index contributed by atoms with van der Waals surface area (Å²) in [6.07, 6.45) is 6.12. The van der Waals surface area contributed by atoms with Gasteiger partial charge in [-0.2, -0.15) is 5.10 Å². The van der Waals surface area contributed by atoms with Crippen LogP contribution in [0.4, 0.5) is 15.9 Å². The van der Waals surface area contributed by atoms with Gasteiger partial charge in [-0.1, -0.05) is 18.2 Å². The molecule has 3 aromatic carbocycles. The lowest BCUT2D eigenvalue weighted by Crippen LogP contribution is -2.69. The number of para-hydroxylation sites is 1. The number of nitrogens with zero attached hydrogens (tertiary/aromatic N) is 7. The second kappa shape index (κ2) is 12.9. The van der Waals surface area contributed by atoms with Crippen molar-refractivity contribution in [2.75, 3.05) is 36.8 Å². The largest absolute Gasteiger partial charge is 0.457 e. The molecule has 5 aliphatic rings. The summed E-state index contributed by atoms with van der Waals surface area (Å²) in [5, 5.41) is 8.20. The third-order valence-electron chi connectivity index (χ3n) is 12.4. The lowest BCUT2D eigenvalue weighted by Gasteiger charge is -2.59. The van der Waals surface area contributed by atoms with Crippen LogP contribution in [0, 0.1) is 11.2 Å². The third kappa shape index (κ3) is 5.77. The minimum absolute atomic E-state index is 0.180. The van der Waals surface area contributed by atoms with E-state index in [0.29, 0.717) is 28.7 Å². The van der Waals surface area contributed by atoms with E-state index in [2.05, 4.69) is 24.9 Å². The molecule has 280 valence electrons. The number of benzene rings is 3. The second-order valence-corrected chi connectivity index (χ2v) is 15.7. The Balaban J connectivity index is 0.766. The van der Waals surface area contributed by atoms with Crippen LogP contribution in [0.15, 0.2) is 73.1 Å². The highest BCUT2D eigenvalue weighted by Crippen LogP contribution is 2.49. The van der Waals surface area contributed by atoms with Crippen molar-refractivity contribution in [3.63, 3.8) is 0 Å². The average molecular weight is 742 g/mol. The van der Waals surface area contributed by atoms with Crippen molar-refractivity contribution in [3.8, 4) is 22.8 Å². The van der Waals surface area contributed by atoms with Gasteiger partial charge in [0, 0.05) is 56.3 Å². The first-order valence-electron chi connectivity index (χ1n) is 19.0. The van der Waals surface area contributed by atoms with Gasteiger partial charge in [0.05, 0.1) is 17.1 Å². The van der Waals surface area contributed by atoms with Gasteiger partial charge in [-0.05, 0) is 91.6 Å². The van der Waals surface area contributed by atoms with Gasteiger partial charge < -0.3 is 20.3 Å². The lowest BCUT2D eigenvalue weighted by molar-refractivity contribution is -0.136. The van der Waals surface area contributed by atoms with Crippen molar-refractivity contribution < 1.29 is 23.5 Å². The number of rotatable bonds is 7. The first-order valence-corrected chi connectivity index (χ1v) is 19.0. The highest BCUT2D eigenvalue weighted by molar-refractivity contribution is 6.05. The smallest absolute Gasteiger partial charge is 0.255 e. The fraction of sp³-hybridized carbons (Fsp3) is 0.366. The van der Waals surface area contributed by atoms with E-state index in [0.717, 1.165) is 85.7 Å². The third-order valence-corrected chi connectivity index (χ3v) is 12.4. The number of amides is 3. The van der Waals surface area contributed by atoms with E-state index in [9.17, 15) is 14.4 Å². The zero-order chi connectivity index (χ0) is 37.4. The number of nitrogen functional groups attached to an aromatic ring is 1. The van der Waals surface area contributed by atoms with Gasteiger partial charge in [0.25, 0.3) is 5.91 Å². The number of aromatic nitrogens is 4. The Kier molecular flexibility index (Phi) is 7.87. The van der Waals surface area contributed by atoms with Crippen LogP contribution in [0.1, 0.15) is 60.5 Å². The number of carbonyl (C=O) groups is 3. The predicted octanol–water partition coefficient (Wildman–Crippen LogP) is 5.07. The molecule has 14 heteroatoms. The van der Waals surface area contributed by atoms with Crippen LogP contribution < -0.4 is 20.7 Å². The number of imide groups is 1. The standard InChI is InChI=1S/C41H40FN9O4/c42-31-17-30-25(18-50(40(30)54)32-10-11-34(52)46-39(32)53)16-33(31)48-19-27(20-48)49-21-41(22-49)14-12-26(13-15-41)51-38-35(37(43)44-23-45-38)36(47-51)24-6-8-29(9-7-24)55-28-4-2-1-3-5-28/h1-9,16-17,23,26-27,32H,10-15,18-22H2,(H2,43,44,45)(H,46,52,53).